The summed E-state index contributed by atoms with van der Waals surface area (Å²) in [7, 11) is 0. The smallest absolute Gasteiger partial charge is 0.261 e. The molecule has 1 amide bonds. The van der Waals surface area contributed by atoms with E-state index in [0.29, 0.717) is 6.54 Å². The van der Waals surface area contributed by atoms with Crippen molar-refractivity contribution in [1.82, 2.24) is 10.2 Å². The van der Waals surface area contributed by atoms with Crippen LogP contribution in [0, 0.1) is 6.92 Å². The lowest BCUT2D eigenvalue weighted by molar-refractivity contribution is 0.0169. The number of nitrogens with zero attached hydrogens (tertiary/aromatic N) is 1. The third-order valence-corrected chi connectivity index (χ3v) is 5.87. The number of carbonyl (C=O) groups is 1. The molecule has 0 unspecified atom stereocenters. The van der Waals surface area contributed by atoms with E-state index >= 15 is 0 Å². The fourth-order valence-corrected chi connectivity index (χ4v) is 4.36. The molecule has 3 rings (SSSR count). The molecular formula is C16H20N2O2S2. The van der Waals surface area contributed by atoms with Crippen LogP contribution in [0.1, 0.15) is 26.2 Å². The summed E-state index contributed by atoms with van der Waals surface area (Å²) in [6.45, 7) is 5.97. The number of aryl methyl sites for hydroxylation is 1. The number of hydrogen-bond donors (Lipinski definition) is 1. The Morgan fingerprint density at radius 3 is 2.77 bits per heavy atom. The van der Waals surface area contributed by atoms with Crippen LogP contribution in [0.15, 0.2) is 29.0 Å². The highest BCUT2D eigenvalue weighted by molar-refractivity contribution is 7.12. The van der Waals surface area contributed by atoms with Gasteiger partial charge in [-0.2, -0.15) is 0 Å². The maximum absolute atomic E-state index is 12.3. The van der Waals surface area contributed by atoms with Gasteiger partial charge in [-0.15, -0.1) is 22.7 Å². The zero-order chi connectivity index (χ0) is 15.4. The second-order valence-electron chi connectivity index (χ2n) is 5.32. The van der Waals surface area contributed by atoms with Crippen LogP contribution in [0.5, 0.6) is 0 Å². The van der Waals surface area contributed by atoms with Crippen molar-refractivity contribution in [2.45, 2.75) is 13.0 Å². The summed E-state index contributed by atoms with van der Waals surface area (Å²) in [4.78, 5) is 16.9. The van der Waals surface area contributed by atoms with E-state index in [2.05, 4.69) is 27.7 Å². The van der Waals surface area contributed by atoms with E-state index in [9.17, 15) is 4.79 Å². The van der Waals surface area contributed by atoms with Gasteiger partial charge in [-0.05, 0) is 35.4 Å². The largest absolute Gasteiger partial charge is 0.379 e. The van der Waals surface area contributed by atoms with E-state index < -0.39 is 0 Å². The molecule has 0 saturated carbocycles. The molecule has 4 nitrogen and oxygen atoms in total. The van der Waals surface area contributed by atoms with Gasteiger partial charge in [-0.25, -0.2) is 0 Å². The lowest BCUT2D eigenvalue weighted by atomic mass is 10.2. The number of amides is 1. The Balaban J connectivity index is 1.68. The molecule has 6 heteroatoms. The van der Waals surface area contributed by atoms with Gasteiger partial charge >= 0.3 is 0 Å². The van der Waals surface area contributed by atoms with Gasteiger partial charge in [0.2, 0.25) is 0 Å². The molecule has 2 aromatic heterocycles. The van der Waals surface area contributed by atoms with Crippen LogP contribution in [0.2, 0.25) is 0 Å². The summed E-state index contributed by atoms with van der Waals surface area (Å²) < 4.78 is 5.44. The predicted octanol–water partition coefficient (Wildman–Crippen LogP) is 2.92. The first kappa shape index (κ1) is 15.7. The predicted molar refractivity (Wildman–Crippen MR) is 90.8 cm³/mol. The van der Waals surface area contributed by atoms with Gasteiger partial charge < -0.3 is 10.1 Å². The van der Waals surface area contributed by atoms with Crippen molar-refractivity contribution >= 4 is 28.6 Å². The lowest BCUT2D eigenvalue weighted by Crippen LogP contribution is -2.43. The van der Waals surface area contributed by atoms with Gasteiger partial charge in [0.1, 0.15) is 0 Å². The number of hydrogen-bond acceptors (Lipinski definition) is 5. The average Bonchev–Trinajstić information content (AvgIpc) is 3.20. The van der Waals surface area contributed by atoms with Crippen LogP contribution < -0.4 is 5.32 Å². The van der Waals surface area contributed by atoms with Crippen molar-refractivity contribution in [3.63, 3.8) is 0 Å². The molecule has 1 fully saturated rings. The Kier molecular flexibility index (Phi) is 5.25. The lowest BCUT2D eigenvalue weighted by Gasteiger charge is -2.34. The third-order valence-electron chi connectivity index (χ3n) is 3.88. The summed E-state index contributed by atoms with van der Waals surface area (Å²) in [5.41, 5.74) is 1.04. The molecule has 22 heavy (non-hydrogen) atoms. The van der Waals surface area contributed by atoms with Crippen molar-refractivity contribution in [3.8, 4) is 0 Å². The normalized spacial score (nSPS) is 17.3. The topological polar surface area (TPSA) is 41.6 Å². The fraction of sp³-hybridized carbons (Fsp3) is 0.438. The van der Waals surface area contributed by atoms with Gasteiger partial charge in [-0.1, -0.05) is 6.07 Å². The fourth-order valence-electron chi connectivity index (χ4n) is 2.65. The van der Waals surface area contributed by atoms with E-state index in [1.54, 1.807) is 11.3 Å². The number of carbonyl (C=O) groups excluding carboxylic acids is 1. The van der Waals surface area contributed by atoms with Gasteiger partial charge in [0.15, 0.2) is 0 Å². The Labute approximate surface area is 138 Å². The first-order chi connectivity index (χ1) is 10.8. The highest BCUT2D eigenvalue weighted by atomic mass is 32.1. The van der Waals surface area contributed by atoms with Crippen molar-refractivity contribution in [1.29, 1.82) is 0 Å². The van der Waals surface area contributed by atoms with Crippen LogP contribution in [-0.2, 0) is 4.74 Å². The first-order valence-corrected chi connectivity index (χ1v) is 9.19. The molecular weight excluding hydrogens is 316 g/mol. The SMILES string of the molecule is Cc1ccsc1C(=O)NC[C@@H](c1cccs1)N1CCOCC1. The van der Waals surface area contributed by atoms with Crippen molar-refractivity contribution in [3.05, 3.63) is 44.3 Å². The molecule has 0 bridgehead atoms. The Morgan fingerprint density at radius 2 is 2.14 bits per heavy atom. The summed E-state index contributed by atoms with van der Waals surface area (Å²) in [5.74, 6) is 0.0299. The zero-order valence-corrected chi connectivity index (χ0v) is 14.2. The molecule has 1 atom stereocenters. The van der Waals surface area contributed by atoms with Gasteiger partial charge in [0, 0.05) is 24.5 Å². The van der Waals surface area contributed by atoms with Crippen LogP contribution in [0.25, 0.3) is 0 Å². The first-order valence-electron chi connectivity index (χ1n) is 7.43. The maximum Gasteiger partial charge on any atom is 0.261 e. The van der Waals surface area contributed by atoms with E-state index in [4.69, 9.17) is 4.74 Å². The number of nitrogens with one attached hydrogen (secondary N) is 1. The molecule has 0 spiro atoms. The standard InChI is InChI=1S/C16H20N2O2S2/c1-12-4-10-22-15(12)16(19)17-11-13(14-3-2-9-21-14)18-5-7-20-8-6-18/h2-4,9-10,13H,5-8,11H2,1H3,(H,17,19)/t13-/m0/s1. The monoisotopic (exact) mass is 336 g/mol. The average molecular weight is 336 g/mol. The zero-order valence-electron chi connectivity index (χ0n) is 12.6. The number of thiophene rings is 2. The van der Waals surface area contributed by atoms with Crippen molar-refractivity contribution in [2.75, 3.05) is 32.8 Å². The minimum absolute atomic E-state index is 0.0299. The number of rotatable bonds is 5. The Hall–Kier alpha value is -1.21. The summed E-state index contributed by atoms with van der Waals surface area (Å²) in [6, 6.07) is 6.43. The number of morpholine rings is 1. The summed E-state index contributed by atoms with van der Waals surface area (Å²) in [6.07, 6.45) is 0. The molecule has 0 radical (unpaired) electrons. The van der Waals surface area contributed by atoms with Crippen LogP contribution in [0.4, 0.5) is 0 Å². The van der Waals surface area contributed by atoms with Crippen LogP contribution >= 0.6 is 22.7 Å². The maximum atomic E-state index is 12.3. The molecule has 3 heterocycles. The third kappa shape index (κ3) is 3.57. The summed E-state index contributed by atoms with van der Waals surface area (Å²) >= 11 is 3.25. The van der Waals surface area contributed by atoms with Crippen molar-refractivity contribution < 1.29 is 9.53 Å². The molecule has 1 saturated heterocycles. The number of ether oxygens (including phenoxy) is 1. The quantitative estimate of drug-likeness (QED) is 0.913. The highest BCUT2D eigenvalue weighted by Crippen LogP contribution is 2.25. The minimum Gasteiger partial charge on any atom is -0.379 e. The van der Waals surface area contributed by atoms with E-state index in [0.717, 1.165) is 36.7 Å². The molecule has 0 aromatic carbocycles. The molecule has 1 N–H and O–H groups in total. The van der Waals surface area contributed by atoms with Crippen LogP contribution in [-0.4, -0.2) is 43.7 Å². The molecule has 0 aliphatic carbocycles. The Morgan fingerprint density at radius 1 is 1.32 bits per heavy atom. The second kappa shape index (κ2) is 7.37. The second-order valence-corrected chi connectivity index (χ2v) is 7.22. The summed E-state index contributed by atoms with van der Waals surface area (Å²) in [5, 5.41) is 7.16. The van der Waals surface area contributed by atoms with Crippen molar-refractivity contribution in [2.24, 2.45) is 0 Å². The van der Waals surface area contributed by atoms with E-state index in [-0.39, 0.29) is 11.9 Å². The molecule has 1 aliphatic heterocycles. The van der Waals surface area contributed by atoms with Gasteiger partial charge in [-0.3, -0.25) is 9.69 Å². The molecule has 2 aromatic rings. The van der Waals surface area contributed by atoms with Crippen LogP contribution in [0.3, 0.4) is 0 Å². The Bertz CT molecular complexity index is 603. The van der Waals surface area contributed by atoms with E-state index in [1.165, 1.54) is 16.2 Å². The minimum atomic E-state index is 0.0299. The highest BCUT2D eigenvalue weighted by Gasteiger charge is 2.24. The van der Waals surface area contributed by atoms with Gasteiger partial charge in [0.25, 0.3) is 5.91 Å². The molecule has 1 aliphatic rings. The van der Waals surface area contributed by atoms with Gasteiger partial charge in [0.05, 0.1) is 24.1 Å². The van der Waals surface area contributed by atoms with E-state index in [1.807, 2.05) is 18.4 Å². The molecule has 118 valence electrons.